The van der Waals surface area contributed by atoms with Gasteiger partial charge in [-0.25, -0.2) is 14.8 Å². The van der Waals surface area contributed by atoms with Gasteiger partial charge < -0.3 is 24.5 Å². The van der Waals surface area contributed by atoms with Crippen LogP contribution in [0.5, 0.6) is 0 Å². The maximum Gasteiger partial charge on any atom is 0.324 e. The van der Waals surface area contributed by atoms with Crippen LogP contribution >= 0.6 is 0 Å². The van der Waals surface area contributed by atoms with E-state index in [4.69, 9.17) is 9.72 Å². The topological polar surface area (TPSA) is 115 Å². The van der Waals surface area contributed by atoms with Crippen molar-refractivity contribution >= 4 is 34.5 Å². The molecule has 3 aromatic heterocycles. The number of pyridine rings is 3. The van der Waals surface area contributed by atoms with E-state index in [2.05, 4.69) is 14.9 Å². The van der Waals surface area contributed by atoms with Gasteiger partial charge in [-0.1, -0.05) is 0 Å². The van der Waals surface area contributed by atoms with Gasteiger partial charge in [0, 0.05) is 62.8 Å². The van der Waals surface area contributed by atoms with Gasteiger partial charge in [0.05, 0.1) is 36.7 Å². The molecule has 3 amide bonds. The maximum absolute atomic E-state index is 13.5. The lowest BCUT2D eigenvalue weighted by molar-refractivity contribution is -0.135. The summed E-state index contributed by atoms with van der Waals surface area (Å²) in [5.74, 6) is 0.642. The van der Waals surface area contributed by atoms with Gasteiger partial charge in [-0.3, -0.25) is 14.7 Å². The number of carbonyl (C=O) groups excluding carboxylic acids is 2. The van der Waals surface area contributed by atoms with Crippen molar-refractivity contribution in [2.45, 2.75) is 25.4 Å². The normalized spacial score (nSPS) is 18.7. The molecule has 0 atom stereocenters. The van der Waals surface area contributed by atoms with Crippen molar-refractivity contribution in [1.29, 1.82) is 0 Å². The number of fused-ring (bicyclic) bond motifs is 3. The first-order valence-corrected chi connectivity index (χ1v) is 13.0. The van der Waals surface area contributed by atoms with Crippen LogP contribution in [-0.2, 0) is 16.1 Å². The summed E-state index contributed by atoms with van der Waals surface area (Å²) in [5, 5.41) is 9.24. The molecule has 2 fully saturated rings. The molecular formula is C27H31N7O4. The first-order valence-electron chi connectivity index (χ1n) is 13.0. The summed E-state index contributed by atoms with van der Waals surface area (Å²) in [6.45, 7) is 4.00. The SMILES string of the molecule is CN1Cc2cnc3ccc(-c4ccc(N5CCOCC5)nc4)nc3c2N(C2CCN(C(=O)CO)CC2)C1=O. The number of ether oxygens (including phenoxy) is 1. The first-order chi connectivity index (χ1) is 18.5. The zero-order valence-electron chi connectivity index (χ0n) is 21.4. The highest BCUT2D eigenvalue weighted by Gasteiger charge is 2.37. The maximum atomic E-state index is 13.5. The van der Waals surface area contributed by atoms with E-state index in [1.54, 1.807) is 16.8 Å². The number of urea groups is 1. The average Bonchev–Trinajstić information content (AvgIpc) is 2.98. The van der Waals surface area contributed by atoms with Gasteiger partial charge in [0.1, 0.15) is 17.9 Å². The fraction of sp³-hybridized carbons (Fsp3) is 0.444. The fourth-order valence-electron chi connectivity index (χ4n) is 5.57. The predicted molar refractivity (Wildman–Crippen MR) is 142 cm³/mol. The smallest absolute Gasteiger partial charge is 0.324 e. The highest BCUT2D eigenvalue weighted by atomic mass is 16.5. The molecule has 3 aromatic rings. The Bertz CT molecular complexity index is 1350. The molecule has 0 aromatic carbocycles. The van der Waals surface area contributed by atoms with Crippen LogP contribution < -0.4 is 9.80 Å². The highest BCUT2D eigenvalue weighted by molar-refractivity contribution is 6.04. The zero-order chi connectivity index (χ0) is 26.2. The van der Waals surface area contributed by atoms with Crippen LogP contribution in [0.25, 0.3) is 22.3 Å². The largest absolute Gasteiger partial charge is 0.387 e. The summed E-state index contributed by atoms with van der Waals surface area (Å²) < 4.78 is 5.44. The second-order valence-electron chi connectivity index (χ2n) is 9.98. The molecule has 2 saturated heterocycles. The third kappa shape index (κ3) is 4.41. The van der Waals surface area contributed by atoms with Crippen molar-refractivity contribution < 1.29 is 19.4 Å². The Kier molecular flexibility index (Phi) is 6.54. The van der Waals surface area contributed by atoms with Crippen molar-refractivity contribution in [3.8, 4) is 11.3 Å². The summed E-state index contributed by atoms with van der Waals surface area (Å²) in [7, 11) is 1.79. The van der Waals surface area contributed by atoms with Crippen LogP contribution in [0.1, 0.15) is 18.4 Å². The summed E-state index contributed by atoms with van der Waals surface area (Å²) in [4.78, 5) is 47.2. The van der Waals surface area contributed by atoms with Crippen molar-refractivity contribution in [2.24, 2.45) is 0 Å². The number of carbonyl (C=O) groups is 2. The van der Waals surface area contributed by atoms with Crippen molar-refractivity contribution in [2.75, 3.05) is 62.8 Å². The molecule has 11 nitrogen and oxygen atoms in total. The minimum absolute atomic E-state index is 0.0827. The Hall–Kier alpha value is -3.83. The molecule has 3 aliphatic rings. The molecule has 0 bridgehead atoms. The van der Waals surface area contributed by atoms with Gasteiger partial charge >= 0.3 is 6.03 Å². The number of anilines is 2. The van der Waals surface area contributed by atoms with Crippen LogP contribution in [0.2, 0.25) is 0 Å². The summed E-state index contributed by atoms with van der Waals surface area (Å²) in [6.07, 6.45) is 4.92. The van der Waals surface area contributed by atoms with E-state index in [0.29, 0.717) is 51.2 Å². The molecule has 198 valence electrons. The molecule has 0 radical (unpaired) electrons. The number of rotatable bonds is 4. The van der Waals surface area contributed by atoms with Crippen molar-refractivity contribution in [1.82, 2.24) is 24.8 Å². The van der Waals surface area contributed by atoms with E-state index >= 15 is 0 Å². The Morgan fingerprint density at radius 3 is 2.55 bits per heavy atom. The molecule has 0 unspecified atom stereocenters. The first kappa shape index (κ1) is 24.5. The Balaban J connectivity index is 1.35. The lowest BCUT2D eigenvalue weighted by Crippen LogP contribution is -2.54. The Labute approximate surface area is 220 Å². The van der Waals surface area contributed by atoms with E-state index in [-0.39, 0.29) is 18.0 Å². The minimum Gasteiger partial charge on any atom is -0.387 e. The van der Waals surface area contributed by atoms with Gasteiger partial charge in [-0.2, -0.15) is 0 Å². The zero-order valence-corrected chi connectivity index (χ0v) is 21.4. The lowest BCUT2D eigenvalue weighted by atomic mass is 9.99. The van der Waals surface area contributed by atoms with Gasteiger partial charge in [-0.15, -0.1) is 0 Å². The number of piperidine rings is 1. The lowest BCUT2D eigenvalue weighted by Gasteiger charge is -2.43. The second kappa shape index (κ2) is 10.1. The monoisotopic (exact) mass is 517 g/mol. The molecule has 3 aliphatic heterocycles. The molecule has 38 heavy (non-hydrogen) atoms. The number of aliphatic hydroxyl groups excluding tert-OH is 1. The molecule has 1 N–H and O–H groups in total. The van der Waals surface area contributed by atoms with E-state index < -0.39 is 6.61 Å². The van der Waals surface area contributed by atoms with Crippen LogP contribution in [0.4, 0.5) is 16.3 Å². The number of morpholine rings is 1. The molecular weight excluding hydrogens is 486 g/mol. The van der Waals surface area contributed by atoms with Gasteiger partial charge in [0.25, 0.3) is 0 Å². The van der Waals surface area contributed by atoms with Gasteiger partial charge in [0.2, 0.25) is 5.91 Å². The molecule has 0 spiro atoms. The minimum atomic E-state index is -0.496. The van der Waals surface area contributed by atoms with Gasteiger partial charge in [-0.05, 0) is 37.1 Å². The standard InChI is InChI=1S/C27H31N7O4/c1-31-16-19-15-28-22-4-3-21(18-2-5-23(29-14-18)32-10-12-38-13-11-32)30-25(22)26(19)34(27(31)37)20-6-8-33(9-7-20)24(36)17-35/h2-5,14-15,20,35H,6-13,16-17H2,1H3. The molecule has 6 heterocycles. The quantitative estimate of drug-likeness (QED) is 0.558. The molecule has 0 aliphatic carbocycles. The number of hydrogen-bond acceptors (Lipinski definition) is 8. The van der Waals surface area contributed by atoms with Crippen molar-refractivity contribution in [3.05, 3.63) is 42.2 Å². The average molecular weight is 518 g/mol. The fourth-order valence-corrected chi connectivity index (χ4v) is 5.57. The van der Waals surface area contributed by atoms with Crippen molar-refractivity contribution in [3.63, 3.8) is 0 Å². The number of hydrogen-bond donors (Lipinski definition) is 1. The number of amides is 3. The summed E-state index contributed by atoms with van der Waals surface area (Å²) in [6, 6.07) is 7.75. The number of nitrogens with zero attached hydrogens (tertiary/aromatic N) is 7. The second-order valence-corrected chi connectivity index (χ2v) is 9.98. The van der Waals surface area contributed by atoms with E-state index in [1.165, 1.54) is 0 Å². The van der Waals surface area contributed by atoms with E-state index in [9.17, 15) is 14.7 Å². The van der Waals surface area contributed by atoms with Gasteiger partial charge in [0.15, 0.2) is 0 Å². The van der Waals surface area contributed by atoms with Crippen LogP contribution in [0, 0.1) is 0 Å². The summed E-state index contributed by atoms with van der Waals surface area (Å²) in [5.41, 5.74) is 4.81. The van der Waals surface area contributed by atoms with Crippen LogP contribution in [0.3, 0.4) is 0 Å². The molecule has 6 rings (SSSR count). The highest BCUT2D eigenvalue weighted by Crippen LogP contribution is 2.37. The Morgan fingerprint density at radius 2 is 1.84 bits per heavy atom. The number of aromatic nitrogens is 3. The van der Waals surface area contributed by atoms with E-state index in [1.807, 2.05) is 41.6 Å². The molecule has 11 heteroatoms. The number of likely N-dealkylation sites (tertiary alicyclic amines) is 1. The predicted octanol–water partition coefficient (Wildman–Crippen LogP) is 1.88. The summed E-state index contributed by atoms with van der Waals surface area (Å²) >= 11 is 0. The molecule has 0 saturated carbocycles. The van der Waals surface area contributed by atoms with Crippen LogP contribution in [-0.4, -0.2) is 101 Å². The van der Waals surface area contributed by atoms with Crippen LogP contribution in [0.15, 0.2) is 36.7 Å². The number of aliphatic hydroxyl groups is 1. The third-order valence-electron chi connectivity index (χ3n) is 7.64. The van der Waals surface area contributed by atoms with E-state index in [0.717, 1.165) is 46.9 Å². The third-order valence-corrected chi connectivity index (χ3v) is 7.64. The Morgan fingerprint density at radius 1 is 1.05 bits per heavy atom.